The molecule has 0 aliphatic carbocycles. The Labute approximate surface area is 163 Å². The molecule has 0 fully saturated rings. The molecule has 0 radical (unpaired) electrons. The summed E-state index contributed by atoms with van der Waals surface area (Å²) in [5, 5.41) is 3.86. The van der Waals surface area contributed by atoms with E-state index in [0.717, 1.165) is 23.1 Å². The summed E-state index contributed by atoms with van der Waals surface area (Å²) in [4.78, 5) is 19.0. The van der Waals surface area contributed by atoms with Crippen LogP contribution in [0.1, 0.15) is 11.3 Å². The largest absolute Gasteiger partial charge is 0.483 e. The highest BCUT2D eigenvalue weighted by molar-refractivity contribution is 5.87. The van der Waals surface area contributed by atoms with Gasteiger partial charge in [0.15, 0.2) is 6.61 Å². The second-order valence-electron chi connectivity index (χ2n) is 6.58. The Morgan fingerprint density at radius 2 is 2.00 bits per heavy atom. The average Bonchev–Trinajstić information content (AvgIpc) is 3.38. The number of H-pyrrole nitrogens is 1. The van der Waals surface area contributed by atoms with E-state index in [-0.39, 0.29) is 12.5 Å². The minimum absolute atomic E-state index is 0.00798. The van der Waals surface area contributed by atoms with Gasteiger partial charge in [-0.05, 0) is 23.8 Å². The lowest BCUT2D eigenvalue weighted by Gasteiger charge is -2.10. The molecule has 4 aromatic rings. The van der Waals surface area contributed by atoms with Crippen LogP contribution in [0.15, 0.2) is 73.3 Å². The Balaban J connectivity index is 1.37. The van der Waals surface area contributed by atoms with Crippen molar-refractivity contribution in [1.82, 2.24) is 19.9 Å². The van der Waals surface area contributed by atoms with E-state index in [1.54, 1.807) is 12.5 Å². The first kappa shape index (κ1) is 17.9. The van der Waals surface area contributed by atoms with Gasteiger partial charge < -0.3 is 19.6 Å². The van der Waals surface area contributed by atoms with E-state index in [1.165, 1.54) is 5.56 Å². The monoisotopic (exact) mass is 374 g/mol. The SMILES string of the molecule is O=C(COc1cccc2c1ccn2Cc1ccccc1)NCCc1cnc[nH]1. The standard InChI is InChI=1S/C22H22N4O2/c27-22(24-11-9-18-13-23-16-25-18)15-28-21-8-4-7-20-19(21)10-12-26(20)14-17-5-2-1-3-6-17/h1-8,10,12-13,16H,9,11,14-15H2,(H,23,25)(H,24,27). The highest BCUT2D eigenvalue weighted by atomic mass is 16.5. The lowest BCUT2D eigenvalue weighted by molar-refractivity contribution is -0.123. The Morgan fingerprint density at radius 3 is 2.82 bits per heavy atom. The van der Waals surface area contributed by atoms with Gasteiger partial charge in [0.2, 0.25) is 0 Å². The van der Waals surface area contributed by atoms with Crippen LogP contribution >= 0.6 is 0 Å². The lowest BCUT2D eigenvalue weighted by Crippen LogP contribution is -2.30. The molecule has 2 aromatic heterocycles. The maximum absolute atomic E-state index is 12.1. The number of nitrogens with zero attached hydrogens (tertiary/aromatic N) is 2. The van der Waals surface area contributed by atoms with Gasteiger partial charge in [-0.1, -0.05) is 36.4 Å². The molecule has 142 valence electrons. The van der Waals surface area contributed by atoms with E-state index in [0.29, 0.717) is 18.7 Å². The van der Waals surface area contributed by atoms with E-state index in [1.807, 2.05) is 36.4 Å². The fourth-order valence-corrected chi connectivity index (χ4v) is 3.19. The van der Waals surface area contributed by atoms with E-state index in [2.05, 4.69) is 44.2 Å². The molecule has 2 heterocycles. The zero-order valence-electron chi connectivity index (χ0n) is 15.5. The number of carbonyl (C=O) groups is 1. The number of carbonyl (C=O) groups excluding carboxylic acids is 1. The van der Waals surface area contributed by atoms with Crippen molar-refractivity contribution in [2.45, 2.75) is 13.0 Å². The van der Waals surface area contributed by atoms with Gasteiger partial charge in [-0.2, -0.15) is 0 Å². The van der Waals surface area contributed by atoms with Crippen molar-refractivity contribution in [2.75, 3.05) is 13.2 Å². The minimum atomic E-state index is -0.139. The van der Waals surface area contributed by atoms with Crippen LogP contribution in [0.2, 0.25) is 0 Å². The van der Waals surface area contributed by atoms with Crippen molar-refractivity contribution in [3.63, 3.8) is 0 Å². The number of aromatic amines is 1. The molecule has 6 nitrogen and oxygen atoms in total. The van der Waals surface area contributed by atoms with Crippen LogP contribution in [-0.4, -0.2) is 33.6 Å². The Bertz CT molecular complexity index is 1040. The Hall–Kier alpha value is -3.54. The normalized spacial score (nSPS) is 10.9. The molecule has 4 rings (SSSR count). The summed E-state index contributed by atoms with van der Waals surface area (Å²) >= 11 is 0. The number of fused-ring (bicyclic) bond motifs is 1. The zero-order chi connectivity index (χ0) is 19.2. The second kappa shape index (κ2) is 8.43. The summed E-state index contributed by atoms with van der Waals surface area (Å²) in [6.45, 7) is 1.33. The predicted molar refractivity (Wildman–Crippen MR) is 108 cm³/mol. The van der Waals surface area contributed by atoms with Crippen molar-refractivity contribution >= 4 is 16.8 Å². The summed E-state index contributed by atoms with van der Waals surface area (Å²) in [5.74, 6) is 0.577. The summed E-state index contributed by atoms with van der Waals surface area (Å²) in [5.41, 5.74) is 3.31. The first-order valence-corrected chi connectivity index (χ1v) is 9.28. The molecule has 2 aromatic carbocycles. The Morgan fingerprint density at radius 1 is 1.11 bits per heavy atom. The van der Waals surface area contributed by atoms with Crippen LogP contribution in [0.5, 0.6) is 5.75 Å². The topological polar surface area (TPSA) is 71.9 Å². The second-order valence-corrected chi connectivity index (χ2v) is 6.58. The third-order valence-electron chi connectivity index (χ3n) is 4.60. The summed E-state index contributed by atoms with van der Waals surface area (Å²) in [7, 11) is 0. The van der Waals surface area contributed by atoms with Gasteiger partial charge in [-0.15, -0.1) is 0 Å². The van der Waals surface area contributed by atoms with Gasteiger partial charge in [-0.25, -0.2) is 4.98 Å². The van der Waals surface area contributed by atoms with Gasteiger partial charge in [0.1, 0.15) is 5.75 Å². The maximum Gasteiger partial charge on any atom is 0.257 e. The molecule has 28 heavy (non-hydrogen) atoms. The fraction of sp³-hybridized carbons (Fsp3) is 0.182. The molecule has 0 saturated heterocycles. The minimum Gasteiger partial charge on any atom is -0.483 e. The van der Waals surface area contributed by atoms with Crippen molar-refractivity contribution < 1.29 is 9.53 Å². The molecule has 0 aliphatic heterocycles. The van der Waals surface area contributed by atoms with Crippen molar-refractivity contribution in [2.24, 2.45) is 0 Å². The molecule has 0 atom stereocenters. The fourth-order valence-electron chi connectivity index (χ4n) is 3.19. The molecular weight excluding hydrogens is 352 g/mol. The van der Waals surface area contributed by atoms with Crippen LogP contribution in [0.25, 0.3) is 10.9 Å². The zero-order valence-corrected chi connectivity index (χ0v) is 15.5. The van der Waals surface area contributed by atoms with E-state index in [4.69, 9.17) is 4.74 Å². The van der Waals surface area contributed by atoms with E-state index in [9.17, 15) is 4.79 Å². The first-order chi connectivity index (χ1) is 13.8. The number of amides is 1. The number of imidazole rings is 1. The lowest BCUT2D eigenvalue weighted by atomic mass is 10.2. The molecule has 0 saturated carbocycles. The summed E-state index contributed by atoms with van der Waals surface area (Å²) in [6.07, 6.45) is 6.15. The van der Waals surface area contributed by atoms with Crippen LogP contribution in [0.4, 0.5) is 0 Å². The highest BCUT2D eigenvalue weighted by Gasteiger charge is 2.09. The van der Waals surface area contributed by atoms with Crippen LogP contribution in [-0.2, 0) is 17.8 Å². The number of hydrogen-bond donors (Lipinski definition) is 2. The maximum atomic E-state index is 12.1. The summed E-state index contributed by atoms with van der Waals surface area (Å²) < 4.78 is 7.97. The number of rotatable bonds is 8. The molecule has 0 spiro atoms. The number of hydrogen-bond acceptors (Lipinski definition) is 3. The van der Waals surface area contributed by atoms with Crippen molar-refractivity contribution in [3.8, 4) is 5.75 Å². The van der Waals surface area contributed by atoms with Gasteiger partial charge in [0.05, 0.1) is 11.8 Å². The number of aromatic nitrogens is 3. The van der Waals surface area contributed by atoms with Crippen LogP contribution in [0.3, 0.4) is 0 Å². The Kier molecular flexibility index (Phi) is 5.38. The van der Waals surface area contributed by atoms with Gasteiger partial charge in [0.25, 0.3) is 5.91 Å². The predicted octanol–water partition coefficient (Wildman–Crippen LogP) is 3.15. The number of ether oxygens (including phenoxy) is 1. The van der Waals surface area contributed by atoms with Crippen LogP contribution in [0, 0.1) is 0 Å². The molecule has 0 unspecified atom stereocenters. The van der Waals surface area contributed by atoms with E-state index >= 15 is 0 Å². The number of benzene rings is 2. The smallest absolute Gasteiger partial charge is 0.257 e. The highest BCUT2D eigenvalue weighted by Crippen LogP contribution is 2.27. The molecule has 1 amide bonds. The first-order valence-electron chi connectivity index (χ1n) is 9.28. The van der Waals surface area contributed by atoms with Crippen LogP contribution < -0.4 is 10.1 Å². The third kappa shape index (κ3) is 4.23. The molecule has 2 N–H and O–H groups in total. The molecule has 6 heteroatoms. The quantitative estimate of drug-likeness (QED) is 0.498. The summed E-state index contributed by atoms with van der Waals surface area (Å²) in [6, 6.07) is 18.3. The third-order valence-corrected chi connectivity index (χ3v) is 4.60. The van der Waals surface area contributed by atoms with Crippen molar-refractivity contribution in [1.29, 1.82) is 0 Å². The van der Waals surface area contributed by atoms with Gasteiger partial charge in [0, 0.05) is 43.0 Å². The van der Waals surface area contributed by atoms with E-state index < -0.39 is 0 Å². The average molecular weight is 374 g/mol. The molecular formula is C22H22N4O2. The van der Waals surface area contributed by atoms with Gasteiger partial charge in [-0.3, -0.25) is 4.79 Å². The van der Waals surface area contributed by atoms with Crippen molar-refractivity contribution in [3.05, 3.63) is 84.6 Å². The van der Waals surface area contributed by atoms with Gasteiger partial charge >= 0.3 is 0 Å². The molecule has 0 bridgehead atoms. The molecule has 0 aliphatic rings. The number of nitrogens with one attached hydrogen (secondary N) is 2.